The van der Waals surface area contributed by atoms with Crippen molar-refractivity contribution in [2.24, 2.45) is 0 Å². The van der Waals surface area contributed by atoms with Crippen molar-refractivity contribution in [1.82, 2.24) is 0 Å². The highest BCUT2D eigenvalue weighted by Gasteiger charge is 2.15. The number of rotatable bonds is 11. The predicted octanol–water partition coefficient (Wildman–Crippen LogP) is 6.31. The quantitative estimate of drug-likeness (QED) is 0.266. The Bertz CT molecular complexity index is 975. The van der Waals surface area contributed by atoms with Crippen LogP contribution >= 0.6 is 0 Å². The fourth-order valence-electron chi connectivity index (χ4n) is 2.85. The van der Waals surface area contributed by atoms with Crippen molar-refractivity contribution >= 4 is 11.0 Å². The van der Waals surface area contributed by atoms with E-state index in [1.54, 1.807) is 18.2 Å². The van der Waals surface area contributed by atoms with Crippen LogP contribution in [0.2, 0.25) is 0 Å². The second-order valence-electron chi connectivity index (χ2n) is 7.42. The third-order valence-corrected chi connectivity index (χ3v) is 4.52. The molecule has 0 unspecified atom stereocenters. The molecule has 1 aromatic heterocycles. The Morgan fingerprint density at radius 2 is 1.90 bits per heavy atom. The minimum Gasteiger partial charge on any atom is -0.504 e. The van der Waals surface area contributed by atoms with Crippen LogP contribution in [0.1, 0.15) is 53.4 Å². The molecule has 0 aliphatic carbocycles. The lowest BCUT2D eigenvalue weighted by Gasteiger charge is -2.09. The molecule has 0 fully saturated rings. The molecular weight excluding hydrogens is 380 g/mol. The molecule has 1 heterocycles. The van der Waals surface area contributed by atoms with Gasteiger partial charge in [0.2, 0.25) is 5.75 Å². The van der Waals surface area contributed by atoms with Crippen molar-refractivity contribution in [1.29, 1.82) is 0 Å². The number of hydrogen-bond acceptors (Lipinski definition) is 5. The molecule has 0 amide bonds. The third kappa shape index (κ3) is 7.14. The van der Waals surface area contributed by atoms with Gasteiger partial charge in [-0.2, -0.15) is 0 Å². The SMILES string of the molecule is CCC=CCCOc1c(O)c2ccc(OC/C=C(\C)CCC=C(C)C)cc2oc1=O. The van der Waals surface area contributed by atoms with Gasteiger partial charge < -0.3 is 19.0 Å². The summed E-state index contributed by atoms with van der Waals surface area (Å²) < 4.78 is 16.5. The van der Waals surface area contributed by atoms with E-state index in [1.165, 1.54) is 11.1 Å². The summed E-state index contributed by atoms with van der Waals surface area (Å²) in [5, 5.41) is 10.8. The number of allylic oxidation sites excluding steroid dienone is 4. The summed E-state index contributed by atoms with van der Waals surface area (Å²) in [6.07, 6.45) is 11.9. The van der Waals surface area contributed by atoms with Crippen LogP contribution < -0.4 is 15.1 Å². The van der Waals surface area contributed by atoms with Crippen molar-refractivity contribution in [3.05, 3.63) is 64.1 Å². The van der Waals surface area contributed by atoms with Gasteiger partial charge in [-0.15, -0.1) is 0 Å². The second-order valence-corrected chi connectivity index (χ2v) is 7.42. The number of aromatic hydroxyl groups is 1. The molecule has 1 aromatic carbocycles. The molecule has 0 spiro atoms. The zero-order valence-electron chi connectivity index (χ0n) is 18.4. The lowest BCUT2D eigenvalue weighted by molar-refractivity contribution is 0.290. The van der Waals surface area contributed by atoms with Gasteiger partial charge in [-0.1, -0.05) is 36.3 Å². The van der Waals surface area contributed by atoms with Crippen molar-refractivity contribution in [3.8, 4) is 17.2 Å². The average molecular weight is 413 g/mol. The first kappa shape index (κ1) is 23.3. The largest absolute Gasteiger partial charge is 0.504 e. The molecule has 162 valence electrons. The average Bonchev–Trinajstić information content (AvgIpc) is 2.69. The molecule has 5 heteroatoms. The van der Waals surface area contributed by atoms with Crippen LogP contribution in [0.25, 0.3) is 11.0 Å². The van der Waals surface area contributed by atoms with E-state index in [4.69, 9.17) is 13.9 Å². The summed E-state index contributed by atoms with van der Waals surface area (Å²) in [5.41, 5.74) is 2.14. The maximum absolute atomic E-state index is 12.2. The van der Waals surface area contributed by atoms with Crippen molar-refractivity contribution in [2.75, 3.05) is 13.2 Å². The van der Waals surface area contributed by atoms with E-state index in [0.717, 1.165) is 19.3 Å². The van der Waals surface area contributed by atoms with Gasteiger partial charge in [-0.25, -0.2) is 4.79 Å². The normalized spacial score (nSPS) is 11.8. The van der Waals surface area contributed by atoms with E-state index < -0.39 is 5.63 Å². The van der Waals surface area contributed by atoms with Crippen molar-refractivity contribution in [3.63, 3.8) is 0 Å². The molecular formula is C25H32O5. The first-order valence-electron chi connectivity index (χ1n) is 10.4. The van der Waals surface area contributed by atoms with Crippen LogP contribution in [-0.2, 0) is 0 Å². The van der Waals surface area contributed by atoms with E-state index in [-0.39, 0.29) is 17.1 Å². The first-order chi connectivity index (χ1) is 14.4. The minimum atomic E-state index is -0.702. The summed E-state index contributed by atoms with van der Waals surface area (Å²) in [5.74, 6) is 0.204. The van der Waals surface area contributed by atoms with Gasteiger partial charge in [0.1, 0.15) is 17.9 Å². The third-order valence-electron chi connectivity index (χ3n) is 4.52. The van der Waals surface area contributed by atoms with Crippen LogP contribution in [0.3, 0.4) is 0 Å². The van der Waals surface area contributed by atoms with Gasteiger partial charge in [0.05, 0.1) is 12.0 Å². The Morgan fingerprint density at radius 1 is 1.10 bits per heavy atom. The fourth-order valence-corrected chi connectivity index (χ4v) is 2.85. The molecule has 2 aromatic rings. The number of benzene rings is 1. The zero-order chi connectivity index (χ0) is 21.9. The van der Waals surface area contributed by atoms with Gasteiger partial charge in [-0.3, -0.25) is 0 Å². The van der Waals surface area contributed by atoms with Crippen LogP contribution in [0.5, 0.6) is 17.2 Å². The van der Waals surface area contributed by atoms with Crippen LogP contribution in [0, 0.1) is 0 Å². The topological polar surface area (TPSA) is 68.9 Å². The van der Waals surface area contributed by atoms with Gasteiger partial charge in [0.25, 0.3) is 0 Å². The smallest absolute Gasteiger partial charge is 0.383 e. The molecule has 5 nitrogen and oxygen atoms in total. The Labute approximate surface area is 178 Å². The highest BCUT2D eigenvalue weighted by Crippen LogP contribution is 2.33. The number of ether oxygens (including phenoxy) is 2. The van der Waals surface area contributed by atoms with E-state index in [1.807, 2.05) is 25.2 Å². The summed E-state index contributed by atoms with van der Waals surface area (Å²) in [6, 6.07) is 5.01. The molecule has 30 heavy (non-hydrogen) atoms. The summed E-state index contributed by atoms with van der Waals surface area (Å²) in [6.45, 7) is 9.04. The Hall–Kier alpha value is -2.95. The molecule has 0 bridgehead atoms. The molecule has 0 aliphatic heterocycles. The van der Waals surface area contributed by atoms with Crippen molar-refractivity contribution < 1.29 is 19.0 Å². The standard InChI is InChI=1S/C25H32O5/c1-5-6-7-8-15-29-24-23(26)21-13-12-20(17-22(21)30-25(24)27)28-16-14-19(4)11-9-10-18(2)3/h6-7,10,12-14,17,26H,5,8-9,11,15-16H2,1-4H3/b7-6?,19-14+. The summed E-state index contributed by atoms with van der Waals surface area (Å²) in [4.78, 5) is 12.2. The van der Waals surface area contributed by atoms with Crippen LogP contribution in [0.15, 0.2) is 62.9 Å². The zero-order valence-corrected chi connectivity index (χ0v) is 18.4. The fraction of sp³-hybridized carbons (Fsp3) is 0.400. The maximum atomic E-state index is 12.2. The minimum absolute atomic E-state index is 0.156. The first-order valence-corrected chi connectivity index (χ1v) is 10.4. The van der Waals surface area contributed by atoms with Crippen LogP contribution in [0.4, 0.5) is 0 Å². The number of hydrogen-bond donors (Lipinski definition) is 1. The molecule has 0 saturated carbocycles. The highest BCUT2D eigenvalue weighted by molar-refractivity contribution is 5.86. The van der Waals surface area contributed by atoms with Crippen LogP contribution in [-0.4, -0.2) is 18.3 Å². The van der Waals surface area contributed by atoms with Gasteiger partial charge in [0, 0.05) is 6.07 Å². The lowest BCUT2D eigenvalue weighted by atomic mass is 10.1. The van der Waals surface area contributed by atoms with E-state index in [9.17, 15) is 9.90 Å². The van der Waals surface area contributed by atoms with Gasteiger partial charge >= 0.3 is 5.63 Å². The summed E-state index contributed by atoms with van der Waals surface area (Å²) >= 11 is 0. The second kappa shape index (κ2) is 11.9. The maximum Gasteiger partial charge on any atom is 0.383 e. The molecule has 2 rings (SSSR count). The van der Waals surface area contributed by atoms with E-state index in [0.29, 0.717) is 30.8 Å². The van der Waals surface area contributed by atoms with E-state index >= 15 is 0 Å². The summed E-state index contributed by atoms with van der Waals surface area (Å²) in [7, 11) is 0. The molecule has 0 radical (unpaired) electrons. The Balaban J connectivity index is 2.04. The predicted molar refractivity (Wildman–Crippen MR) is 122 cm³/mol. The molecule has 1 N–H and O–H groups in total. The Morgan fingerprint density at radius 3 is 2.63 bits per heavy atom. The molecule has 0 saturated heterocycles. The lowest BCUT2D eigenvalue weighted by Crippen LogP contribution is -2.08. The highest BCUT2D eigenvalue weighted by atomic mass is 16.5. The van der Waals surface area contributed by atoms with E-state index in [2.05, 4.69) is 26.8 Å². The van der Waals surface area contributed by atoms with Gasteiger partial charge in [-0.05, 0) is 64.7 Å². The number of fused-ring (bicyclic) bond motifs is 1. The molecule has 0 atom stereocenters. The van der Waals surface area contributed by atoms with Gasteiger partial charge in [0.15, 0.2) is 5.75 Å². The monoisotopic (exact) mass is 412 g/mol. The van der Waals surface area contributed by atoms with Crippen molar-refractivity contribution in [2.45, 2.75) is 53.4 Å². The molecule has 0 aliphatic rings. The Kier molecular flexibility index (Phi) is 9.26.